The first-order chi connectivity index (χ1) is 12.3. The number of aromatic nitrogens is 3. The maximum atomic E-state index is 8.74. The van der Waals surface area contributed by atoms with Gasteiger partial charge in [-0.1, -0.05) is 23.4 Å². The van der Waals surface area contributed by atoms with Crippen molar-refractivity contribution in [2.75, 3.05) is 25.6 Å². The van der Waals surface area contributed by atoms with Gasteiger partial charge in [-0.3, -0.25) is 4.57 Å². The zero-order chi connectivity index (χ0) is 17.5. The van der Waals surface area contributed by atoms with Crippen molar-refractivity contribution < 1.29 is 14.3 Å². The molecule has 132 valence electrons. The van der Waals surface area contributed by atoms with E-state index >= 15 is 0 Å². The molecule has 0 aliphatic carbocycles. The average Bonchev–Trinajstić information content (AvgIpc) is 3.27. The van der Waals surface area contributed by atoms with Crippen LogP contribution in [0.15, 0.2) is 52.2 Å². The molecule has 6 nitrogen and oxygen atoms in total. The molecule has 1 N–H and O–H groups in total. The third kappa shape index (κ3) is 4.85. The Morgan fingerprint density at radius 1 is 1.16 bits per heavy atom. The minimum atomic E-state index is 0.0278. The van der Waals surface area contributed by atoms with Crippen LogP contribution in [-0.4, -0.2) is 45.4 Å². The molecule has 0 atom stereocenters. The van der Waals surface area contributed by atoms with Crippen LogP contribution in [0.25, 0.3) is 11.4 Å². The number of aliphatic hydroxyl groups is 1. The van der Waals surface area contributed by atoms with Crippen molar-refractivity contribution >= 4 is 23.4 Å². The summed E-state index contributed by atoms with van der Waals surface area (Å²) in [7, 11) is 0. The van der Waals surface area contributed by atoms with Crippen LogP contribution in [0.4, 0.5) is 0 Å². The molecular formula is C17H18ClN3O3S. The predicted molar refractivity (Wildman–Crippen MR) is 96.9 cm³/mol. The summed E-state index contributed by atoms with van der Waals surface area (Å²) in [4.78, 5) is 0. The Labute approximate surface area is 154 Å². The molecule has 0 amide bonds. The molecule has 0 spiro atoms. The Kier molecular flexibility index (Phi) is 6.52. The highest BCUT2D eigenvalue weighted by Gasteiger charge is 2.15. The van der Waals surface area contributed by atoms with Gasteiger partial charge in [0, 0.05) is 16.3 Å². The first-order valence-corrected chi connectivity index (χ1v) is 9.17. The number of furan rings is 1. The van der Waals surface area contributed by atoms with Crippen molar-refractivity contribution in [2.45, 2.75) is 11.7 Å². The fourth-order valence-corrected chi connectivity index (χ4v) is 3.18. The number of benzene rings is 1. The van der Waals surface area contributed by atoms with Crippen LogP contribution in [0.1, 0.15) is 5.76 Å². The summed E-state index contributed by atoms with van der Waals surface area (Å²) in [5, 5.41) is 18.9. The van der Waals surface area contributed by atoms with E-state index in [0.29, 0.717) is 24.8 Å². The van der Waals surface area contributed by atoms with E-state index in [4.69, 9.17) is 25.9 Å². The number of nitrogens with zero attached hydrogens (tertiary/aromatic N) is 3. The van der Waals surface area contributed by atoms with Gasteiger partial charge in [0.1, 0.15) is 5.76 Å². The highest BCUT2D eigenvalue weighted by Crippen LogP contribution is 2.26. The lowest BCUT2D eigenvalue weighted by Gasteiger charge is -2.09. The summed E-state index contributed by atoms with van der Waals surface area (Å²) in [6, 6.07) is 11.3. The lowest BCUT2D eigenvalue weighted by molar-refractivity contribution is 0.103. The highest BCUT2D eigenvalue weighted by atomic mass is 35.5. The molecule has 0 radical (unpaired) electrons. The summed E-state index contributed by atoms with van der Waals surface area (Å²) < 4.78 is 12.8. The molecule has 0 fully saturated rings. The third-order valence-electron chi connectivity index (χ3n) is 3.41. The number of halogens is 1. The lowest BCUT2D eigenvalue weighted by Crippen LogP contribution is -2.06. The summed E-state index contributed by atoms with van der Waals surface area (Å²) in [5.41, 5.74) is 0.937. The van der Waals surface area contributed by atoms with Gasteiger partial charge in [-0.05, 0) is 36.4 Å². The molecule has 2 heterocycles. The van der Waals surface area contributed by atoms with Crippen molar-refractivity contribution in [1.29, 1.82) is 0 Å². The van der Waals surface area contributed by atoms with Crippen LogP contribution in [-0.2, 0) is 11.3 Å². The van der Waals surface area contributed by atoms with Crippen LogP contribution in [0.5, 0.6) is 0 Å². The predicted octanol–water partition coefficient (Wildman–Crippen LogP) is 3.34. The first-order valence-electron chi connectivity index (χ1n) is 7.81. The standard InChI is InChI=1S/C17H18ClN3O3S/c18-14-5-3-13(4-6-14)16-19-20-17(25-11-10-23-9-7-22)21(16)12-15-2-1-8-24-15/h1-6,8,22H,7,9-12H2. The first kappa shape index (κ1) is 18.0. The van der Waals surface area contributed by atoms with Crippen molar-refractivity contribution in [3.8, 4) is 11.4 Å². The van der Waals surface area contributed by atoms with Gasteiger partial charge in [-0.25, -0.2) is 0 Å². The monoisotopic (exact) mass is 379 g/mol. The van der Waals surface area contributed by atoms with Crippen molar-refractivity contribution in [3.05, 3.63) is 53.4 Å². The molecule has 8 heteroatoms. The number of hydrogen-bond donors (Lipinski definition) is 1. The van der Waals surface area contributed by atoms with Gasteiger partial charge in [-0.2, -0.15) is 0 Å². The fraction of sp³-hybridized carbons (Fsp3) is 0.294. The average molecular weight is 380 g/mol. The fourth-order valence-electron chi connectivity index (χ4n) is 2.27. The maximum absolute atomic E-state index is 8.74. The number of ether oxygens (including phenoxy) is 1. The molecule has 0 saturated carbocycles. The molecule has 0 aliphatic rings. The van der Waals surface area contributed by atoms with Crippen LogP contribution in [0.3, 0.4) is 0 Å². The number of rotatable bonds is 9. The van der Waals surface area contributed by atoms with Crippen LogP contribution < -0.4 is 0 Å². The van der Waals surface area contributed by atoms with Crippen LogP contribution in [0, 0.1) is 0 Å². The maximum Gasteiger partial charge on any atom is 0.192 e. The lowest BCUT2D eigenvalue weighted by atomic mass is 10.2. The Morgan fingerprint density at radius 3 is 2.72 bits per heavy atom. The van der Waals surface area contributed by atoms with E-state index in [-0.39, 0.29) is 6.61 Å². The number of aliphatic hydroxyl groups excluding tert-OH is 1. The highest BCUT2D eigenvalue weighted by molar-refractivity contribution is 7.99. The molecule has 0 saturated heterocycles. The number of thioether (sulfide) groups is 1. The second-order valence-electron chi connectivity index (χ2n) is 5.16. The Morgan fingerprint density at radius 2 is 2.00 bits per heavy atom. The molecule has 25 heavy (non-hydrogen) atoms. The molecule has 0 bridgehead atoms. The largest absolute Gasteiger partial charge is 0.467 e. The van der Waals surface area contributed by atoms with Crippen molar-refractivity contribution in [3.63, 3.8) is 0 Å². The molecule has 0 aliphatic heterocycles. The minimum Gasteiger partial charge on any atom is -0.467 e. The van der Waals surface area contributed by atoms with Crippen LogP contribution in [0.2, 0.25) is 5.02 Å². The zero-order valence-corrected chi connectivity index (χ0v) is 15.0. The second-order valence-corrected chi connectivity index (χ2v) is 6.66. The van der Waals surface area contributed by atoms with E-state index in [1.807, 2.05) is 41.0 Å². The molecule has 2 aromatic heterocycles. The van der Waals surface area contributed by atoms with E-state index in [9.17, 15) is 0 Å². The number of hydrogen-bond acceptors (Lipinski definition) is 6. The van der Waals surface area contributed by atoms with Crippen LogP contribution >= 0.6 is 23.4 Å². The minimum absolute atomic E-state index is 0.0278. The van der Waals surface area contributed by atoms with E-state index in [1.54, 1.807) is 18.0 Å². The van der Waals surface area contributed by atoms with Gasteiger partial charge in [0.25, 0.3) is 0 Å². The third-order valence-corrected chi connectivity index (χ3v) is 4.59. The molecule has 1 aromatic carbocycles. The van der Waals surface area contributed by atoms with E-state index in [1.165, 1.54) is 0 Å². The quantitative estimate of drug-likeness (QED) is 0.454. The molecular weight excluding hydrogens is 362 g/mol. The summed E-state index contributed by atoms with van der Waals surface area (Å²) in [5.74, 6) is 2.30. The molecule has 3 aromatic rings. The van der Waals surface area contributed by atoms with Crippen molar-refractivity contribution in [1.82, 2.24) is 14.8 Å². The van der Waals surface area contributed by atoms with Gasteiger partial charge in [0.2, 0.25) is 0 Å². The van der Waals surface area contributed by atoms with Gasteiger partial charge >= 0.3 is 0 Å². The van der Waals surface area contributed by atoms with Crippen molar-refractivity contribution in [2.24, 2.45) is 0 Å². The van der Waals surface area contributed by atoms with Gasteiger partial charge in [-0.15, -0.1) is 10.2 Å². The van der Waals surface area contributed by atoms with E-state index < -0.39 is 0 Å². The zero-order valence-electron chi connectivity index (χ0n) is 13.5. The smallest absolute Gasteiger partial charge is 0.192 e. The normalized spacial score (nSPS) is 11.1. The summed E-state index contributed by atoms with van der Waals surface area (Å²) >= 11 is 7.53. The Hall–Kier alpha value is -1.80. The van der Waals surface area contributed by atoms with E-state index in [2.05, 4.69) is 10.2 Å². The topological polar surface area (TPSA) is 73.3 Å². The summed E-state index contributed by atoms with van der Waals surface area (Å²) in [6.07, 6.45) is 1.65. The Bertz CT molecular complexity index is 775. The Balaban J connectivity index is 1.80. The second kappa shape index (κ2) is 9.05. The summed E-state index contributed by atoms with van der Waals surface area (Å²) in [6.45, 7) is 1.45. The van der Waals surface area contributed by atoms with Gasteiger partial charge in [0.05, 0.1) is 32.6 Å². The van der Waals surface area contributed by atoms with E-state index in [0.717, 1.165) is 28.1 Å². The van der Waals surface area contributed by atoms with Gasteiger partial charge < -0.3 is 14.3 Å². The SMILES string of the molecule is OCCOCCSc1nnc(-c2ccc(Cl)cc2)n1Cc1ccco1. The van der Waals surface area contributed by atoms with Gasteiger partial charge in [0.15, 0.2) is 11.0 Å². The molecule has 3 rings (SSSR count). The molecule has 0 unspecified atom stereocenters.